The van der Waals surface area contributed by atoms with Crippen LogP contribution in [0.3, 0.4) is 0 Å². The molecule has 1 N–H and O–H groups in total. The number of rotatable bonds is 6. The number of halogens is 2. The summed E-state index contributed by atoms with van der Waals surface area (Å²) in [5.74, 6) is -0.295. The number of benzene rings is 3. The van der Waals surface area contributed by atoms with Gasteiger partial charge in [-0.2, -0.15) is 10.2 Å². The average Bonchev–Trinajstić information content (AvgIpc) is 3.48. The molecule has 0 saturated carbocycles. The van der Waals surface area contributed by atoms with E-state index >= 15 is 0 Å². The van der Waals surface area contributed by atoms with Gasteiger partial charge in [0.05, 0.1) is 17.6 Å². The largest absolute Gasteiger partial charge is 0.253 e. The first-order chi connectivity index (χ1) is 16.2. The molecule has 5 rings (SSSR count). The number of anilines is 1. The van der Waals surface area contributed by atoms with Crippen LogP contribution in [-0.2, 0) is 0 Å². The highest BCUT2D eigenvalue weighted by molar-refractivity contribution is 7.14. The number of hydrogen-bond acceptors (Lipinski definition) is 5. The molecule has 5 aromatic rings. The van der Waals surface area contributed by atoms with E-state index in [0.29, 0.717) is 15.8 Å². The van der Waals surface area contributed by atoms with E-state index in [1.165, 1.54) is 23.5 Å². The SMILES string of the molecule is Fc1ccc(-c2nn(-c3ccccc3)cc2/C=N/Nc2nc(-c3ccccc3Cl)cs2)cc1. The molecule has 0 atom stereocenters. The lowest BCUT2D eigenvalue weighted by Gasteiger charge is -2.00. The number of nitrogens with one attached hydrogen (secondary N) is 1. The summed E-state index contributed by atoms with van der Waals surface area (Å²) in [5, 5.41) is 12.3. The molecule has 2 heterocycles. The van der Waals surface area contributed by atoms with Crippen LogP contribution in [0.25, 0.3) is 28.2 Å². The van der Waals surface area contributed by atoms with Gasteiger partial charge in [-0.1, -0.05) is 48.0 Å². The molecule has 0 unspecified atom stereocenters. The number of aromatic nitrogens is 3. The highest BCUT2D eigenvalue weighted by Gasteiger charge is 2.12. The van der Waals surface area contributed by atoms with Gasteiger partial charge in [0, 0.05) is 33.3 Å². The van der Waals surface area contributed by atoms with Crippen LogP contribution in [0.2, 0.25) is 5.02 Å². The molecule has 0 radical (unpaired) electrons. The standard InChI is InChI=1S/C25H17ClFN5S/c26-22-9-5-4-8-21(22)23-16-33-25(29-23)30-28-14-18-15-32(20-6-2-1-3-7-20)31-24(18)17-10-12-19(27)13-11-17/h1-16H,(H,29,30)/b28-14+. The fraction of sp³-hybridized carbons (Fsp3) is 0. The third kappa shape index (κ3) is 4.69. The third-order valence-corrected chi connectivity index (χ3v) is 5.98. The lowest BCUT2D eigenvalue weighted by atomic mass is 10.1. The minimum absolute atomic E-state index is 0.295. The molecular formula is C25H17ClFN5S. The molecule has 0 aliphatic rings. The number of hydrogen-bond donors (Lipinski definition) is 1. The van der Waals surface area contributed by atoms with Crippen LogP contribution >= 0.6 is 22.9 Å². The summed E-state index contributed by atoms with van der Waals surface area (Å²) in [6.07, 6.45) is 3.57. The van der Waals surface area contributed by atoms with Crippen LogP contribution in [0.4, 0.5) is 9.52 Å². The van der Waals surface area contributed by atoms with Crippen molar-refractivity contribution in [2.24, 2.45) is 5.10 Å². The summed E-state index contributed by atoms with van der Waals surface area (Å²) < 4.78 is 15.2. The summed E-state index contributed by atoms with van der Waals surface area (Å²) in [7, 11) is 0. The number of nitrogens with zero attached hydrogens (tertiary/aromatic N) is 4. The summed E-state index contributed by atoms with van der Waals surface area (Å²) in [4.78, 5) is 4.56. The lowest BCUT2D eigenvalue weighted by molar-refractivity contribution is 0.628. The van der Waals surface area contributed by atoms with Crippen LogP contribution in [0.5, 0.6) is 0 Å². The maximum absolute atomic E-state index is 13.4. The van der Waals surface area contributed by atoms with E-state index in [-0.39, 0.29) is 5.82 Å². The predicted molar refractivity (Wildman–Crippen MR) is 133 cm³/mol. The molecule has 0 saturated heterocycles. The van der Waals surface area contributed by atoms with Crippen molar-refractivity contribution in [2.45, 2.75) is 0 Å². The van der Waals surface area contributed by atoms with Gasteiger partial charge in [-0.3, -0.25) is 5.43 Å². The highest BCUT2D eigenvalue weighted by atomic mass is 35.5. The summed E-state index contributed by atoms with van der Waals surface area (Å²) >= 11 is 7.71. The average molecular weight is 474 g/mol. The first-order valence-electron chi connectivity index (χ1n) is 10.1. The Bertz CT molecular complexity index is 1410. The lowest BCUT2D eigenvalue weighted by Crippen LogP contribution is -1.94. The Labute approximate surface area is 198 Å². The van der Waals surface area contributed by atoms with Crippen LogP contribution in [0, 0.1) is 5.82 Å². The Balaban J connectivity index is 1.42. The van der Waals surface area contributed by atoms with Crippen molar-refractivity contribution in [1.29, 1.82) is 0 Å². The number of thiazole rings is 1. The first-order valence-corrected chi connectivity index (χ1v) is 11.3. The smallest absolute Gasteiger partial charge is 0.203 e. The Hall–Kier alpha value is -3.81. The third-order valence-electron chi connectivity index (χ3n) is 4.90. The van der Waals surface area contributed by atoms with Crippen molar-refractivity contribution in [1.82, 2.24) is 14.8 Å². The van der Waals surface area contributed by atoms with E-state index in [4.69, 9.17) is 16.7 Å². The van der Waals surface area contributed by atoms with Gasteiger partial charge in [-0.15, -0.1) is 11.3 Å². The Morgan fingerprint density at radius 2 is 1.73 bits per heavy atom. The molecule has 33 heavy (non-hydrogen) atoms. The molecular weight excluding hydrogens is 457 g/mol. The molecule has 2 aromatic heterocycles. The molecule has 0 amide bonds. The Kier molecular flexibility index (Phi) is 5.97. The maximum Gasteiger partial charge on any atom is 0.203 e. The minimum Gasteiger partial charge on any atom is -0.253 e. The highest BCUT2D eigenvalue weighted by Crippen LogP contribution is 2.30. The molecule has 0 spiro atoms. The zero-order chi connectivity index (χ0) is 22.6. The zero-order valence-corrected chi connectivity index (χ0v) is 18.8. The van der Waals surface area contributed by atoms with Crippen molar-refractivity contribution in [3.8, 4) is 28.2 Å². The van der Waals surface area contributed by atoms with Crippen molar-refractivity contribution in [3.05, 3.63) is 107 Å². The molecule has 0 fully saturated rings. The Morgan fingerprint density at radius 1 is 0.970 bits per heavy atom. The van der Waals surface area contributed by atoms with Gasteiger partial charge in [0.1, 0.15) is 11.5 Å². The van der Waals surface area contributed by atoms with Crippen molar-refractivity contribution < 1.29 is 4.39 Å². The van der Waals surface area contributed by atoms with Crippen LogP contribution in [-0.4, -0.2) is 21.0 Å². The number of para-hydroxylation sites is 1. The monoisotopic (exact) mass is 473 g/mol. The normalized spacial score (nSPS) is 11.2. The van der Waals surface area contributed by atoms with Gasteiger partial charge in [0.2, 0.25) is 5.13 Å². The maximum atomic E-state index is 13.4. The number of hydrazone groups is 1. The summed E-state index contributed by atoms with van der Waals surface area (Å²) in [6.45, 7) is 0. The predicted octanol–water partition coefficient (Wildman–Crippen LogP) is 6.90. The van der Waals surface area contributed by atoms with Crippen molar-refractivity contribution in [2.75, 3.05) is 5.43 Å². The van der Waals surface area contributed by atoms with Crippen molar-refractivity contribution in [3.63, 3.8) is 0 Å². The van der Waals surface area contributed by atoms with Crippen LogP contribution in [0.15, 0.2) is 95.5 Å². The topological polar surface area (TPSA) is 55.1 Å². The summed E-state index contributed by atoms with van der Waals surface area (Å²) in [6, 6.07) is 23.6. The quantitative estimate of drug-likeness (QED) is 0.215. The second kappa shape index (κ2) is 9.36. The van der Waals surface area contributed by atoms with E-state index in [2.05, 4.69) is 15.5 Å². The van der Waals surface area contributed by atoms with E-state index in [1.54, 1.807) is 23.0 Å². The second-order valence-corrected chi connectivity index (χ2v) is 8.37. The van der Waals surface area contributed by atoms with E-state index in [1.807, 2.05) is 66.2 Å². The van der Waals surface area contributed by atoms with Gasteiger partial charge in [-0.05, 0) is 42.5 Å². The fourth-order valence-corrected chi connectivity index (χ4v) is 4.19. The molecule has 162 valence electrons. The van der Waals surface area contributed by atoms with Crippen molar-refractivity contribution >= 4 is 34.3 Å². The van der Waals surface area contributed by atoms with E-state index < -0.39 is 0 Å². The molecule has 0 aliphatic carbocycles. The summed E-state index contributed by atoms with van der Waals surface area (Å²) in [5.41, 5.74) is 7.81. The van der Waals surface area contributed by atoms with Gasteiger partial charge in [0.15, 0.2) is 0 Å². The molecule has 3 aromatic carbocycles. The van der Waals surface area contributed by atoms with Gasteiger partial charge >= 0.3 is 0 Å². The Morgan fingerprint density at radius 3 is 2.52 bits per heavy atom. The van der Waals surface area contributed by atoms with E-state index in [0.717, 1.165) is 28.1 Å². The van der Waals surface area contributed by atoms with Gasteiger partial charge in [-0.25, -0.2) is 14.1 Å². The van der Waals surface area contributed by atoms with Crippen LogP contribution in [0.1, 0.15) is 5.56 Å². The van der Waals surface area contributed by atoms with E-state index in [9.17, 15) is 4.39 Å². The fourth-order valence-electron chi connectivity index (χ4n) is 3.30. The molecule has 5 nitrogen and oxygen atoms in total. The first kappa shape index (κ1) is 21.1. The van der Waals surface area contributed by atoms with Gasteiger partial charge in [0.25, 0.3) is 0 Å². The minimum atomic E-state index is -0.295. The molecule has 0 aliphatic heterocycles. The zero-order valence-electron chi connectivity index (χ0n) is 17.2. The molecule has 0 bridgehead atoms. The molecule has 8 heteroatoms. The van der Waals surface area contributed by atoms with Gasteiger partial charge < -0.3 is 0 Å². The second-order valence-electron chi connectivity index (χ2n) is 7.11. The van der Waals surface area contributed by atoms with Crippen LogP contribution < -0.4 is 5.43 Å².